The van der Waals surface area contributed by atoms with Crippen LogP contribution in [0.15, 0.2) is 6.20 Å². The molecule has 1 N–H and O–H groups in total. The van der Waals surface area contributed by atoms with Crippen LogP contribution in [0.5, 0.6) is 5.75 Å². The summed E-state index contributed by atoms with van der Waals surface area (Å²) in [6.07, 6.45) is 4.95. The molecular weight excluding hydrogens is 216 g/mol. The maximum absolute atomic E-state index is 10.7. The second kappa shape index (κ2) is 4.33. The van der Waals surface area contributed by atoms with Gasteiger partial charge in [0.15, 0.2) is 5.75 Å². The predicted molar refractivity (Wildman–Crippen MR) is 66.1 cm³/mol. The van der Waals surface area contributed by atoms with Crippen LogP contribution in [0.4, 0.5) is 0 Å². The summed E-state index contributed by atoms with van der Waals surface area (Å²) < 4.78 is 7.18. The van der Waals surface area contributed by atoms with E-state index in [2.05, 4.69) is 18.9 Å². The molecule has 1 aromatic rings. The molecule has 0 bridgehead atoms. The van der Waals surface area contributed by atoms with Gasteiger partial charge in [0.1, 0.15) is 11.3 Å². The first-order chi connectivity index (χ1) is 7.95. The van der Waals surface area contributed by atoms with Crippen molar-refractivity contribution in [3.05, 3.63) is 11.9 Å². The summed E-state index contributed by atoms with van der Waals surface area (Å²) in [4.78, 5) is 0. The van der Waals surface area contributed by atoms with Crippen LogP contribution >= 0.6 is 0 Å². The number of nitrogens with zero attached hydrogens (tertiary/aromatic N) is 2. The molecule has 1 heterocycles. The minimum atomic E-state index is -0.854. The van der Waals surface area contributed by atoms with Gasteiger partial charge in [-0.15, -0.1) is 0 Å². The lowest BCUT2D eigenvalue weighted by molar-refractivity contribution is 0.0289. The van der Waals surface area contributed by atoms with Crippen molar-refractivity contribution in [1.82, 2.24) is 9.78 Å². The SMILES string of the molecule is COc1cnn(C(C)C)c1C(C)(O)CC1CC1. The molecule has 4 nitrogen and oxygen atoms in total. The van der Waals surface area contributed by atoms with E-state index in [-0.39, 0.29) is 6.04 Å². The zero-order valence-electron chi connectivity index (χ0n) is 11.1. The molecular formula is C13H22N2O2. The van der Waals surface area contributed by atoms with E-state index in [4.69, 9.17) is 4.74 Å². The van der Waals surface area contributed by atoms with Gasteiger partial charge in [0.2, 0.25) is 0 Å². The summed E-state index contributed by atoms with van der Waals surface area (Å²) in [6, 6.07) is 0.222. The van der Waals surface area contributed by atoms with Crippen LogP contribution < -0.4 is 4.74 Å². The van der Waals surface area contributed by atoms with Gasteiger partial charge in [-0.1, -0.05) is 12.8 Å². The molecule has 0 aliphatic heterocycles. The van der Waals surface area contributed by atoms with Gasteiger partial charge in [-0.25, -0.2) is 0 Å². The normalized spacial score (nSPS) is 19.4. The maximum atomic E-state index is 10.7. The number of methoxy groups -OCH3 is 1. The Kier molecular flexibility index (Phi) is 3.17. The van der Waals surface area contributed by atoms with Crippen molar-refractivity contribution in [2.45, 2.75) is 51.7 Å². The van der Waals surface area contributed by atoms with E-state index in [0.717, 1.165) is 12.1 Å². The molecule has 1 aliphatic carbocycles. The van der Waals surface area contributed by atoms with Gasteiger partial charge < -0.3 is 9.84 Å². The number of rotatable bonds is 5. The number of hydrogen-bond donors (Lipinski definition) is 1. The van der Waals surface area contributed by atoms with E-state index in [1.54, 1.807) is 13.3 Å². The highest BCUT2D eigenvalue weighted by atomic mass is 16.5. The zero-order chi connectivity index (χ0) is 12.6. The Morgan fingerprint density at radius 1 is 1.59 bits per heavy atom. The molecule has 1 aromatic heterocycles. The van der Waals surface area contributed by atoms with Crippen molar-refractivity contribution in [1.29, 1.82) is 0 Å². The number of ether oxygens (including phenoxy) is 1. The highest BCUT2D eigenvalue weighted by molar-refractivity contribution is 5.31. The molecule has 4 heteroatoms. The molecule has 0 aromatic carbocycles. The molecule has 1 saturated carbocycles. The summed E-state index contributed by atoms with van der Waals surface area (Å²) in [6.45, 7) is 5.98. The quantitative estimate of drug-likeness (QED) is 0.857. The highest BCUT2D eigenvalue weighted by Crippen LogP contribution is 2.43. The number of aromatic nitrogens is 2. The van der Waals surface area contributed by atoms with Crippen LogP contribution in [-0.2, 0) is 5.60 Å². The Morgan fingerprint density at radius 2 is 2.24 bits per heavy atom. The van der Waals surface area contributed by atoms with Gasteiger partial charge in [0.25, 0.3) is 0 Å². The smallest absolute Gasteiger partial charge is 0.162 e. The Hall–Kier alpha value is -1.03. The first kappa shape index (κ1) is 12.4. The average Bonchev–Trinajstić information content (AvgIpc) is 2.92. The third kappa shape index (κ3) is 2.46. The van der Waals surface area contributed by atoms with Gasteiger partial charge >= 0.3 is 0 Å². The van der Waals surface area contributed by atoms with E-state index < -0.39 is 5.60 Å². The minimum Gasteiger partial charge on any atom is -0.493 e. The standard InChI is InChI=1S/C13H22N2O2/c1-9(2)15-12(11(17-4)8-14-15)13(3,16)7-10-5-6-10/h8-10,16H,5-7H2,1-4H3. The first-order valence-corrected chi connectivity index (χ1v) is 6.30. The second-order valence-electron chi connectivity index (χ2n) is 5.52. The van der Waals surface area contributed by atoms with E-state index in [1.807, 2.05) is 11.6 Å². The first-order valence-electron chi connectivity index (χ1n) is 6.30. The maximum Gasteiger partial charge on any atom is 0.162 e. The fraction of sp³-hybridized carbons (Fsp3) is 0.769. The molecule has 0 radical (unpaired) electrons. The van der Waals surface area contributed by atoms with Crippen LogP contribution in [0.25, 0.3) is 0 Å². The molecule has 2 rings (SSSR count). The topological polar surface area (TPSA) is 47.3 Å². The monoisotopic (exact) mass is 238 g/mol. The fourth-order valence-electron chi connectivity index (χ4n) is 2.38. The average molecular weight is 238 g/mol. The molecule has 0 saturated heterocycles. The van der Waals surface area contributed by atoms with Gasteiger partial charge in [-0.2, -0.15) is 5.10 Å². The van der Waals surface area contributed by atoms with Crippen molar-refractivity contribution in [3.8, 4) is 5.75 Å². The lowest BCUT2D eigenvalue weighted by Gasteiger charge is -2.26. The number of hydrogen-bond acceptors (Lipinski definition) is 3. The molecule has 1 unspecified atom stereocenters. The van der Waals surface area contributed by atoms with Crippen LogP contribution in [0.3, 0.4) is 0 Å². The minimum absolute atomic E-state index is 0.222. The molecule has 0 spiro atoms. The largest absolute Gasteiger partial charge is 0.493 e. The van der Waals surface area contributed by atoms with E-state index in [9.17, 15) is 5.11 Å². The lowest BCUT2D eigenvalue weighted by atomic mass is 9.94. The summed E-state index contributed by atoms with van der Waals surface area (Å²) in [5, 5.41) is 15.0. The van der Waals surface area contributed by atoms with Crippen LogP contribution in [0.1, 0.15) is 51.8 Å². The van der Waals surface area contributed by atoms with Gasteiger partial charge in [-0.3, -0.25) is 4.68 Å². The van der Waals surface area contributed by atoms with E-state index in [0.29, 0.717) is 11.7 Å². The number of aliphatic hydroxyl groups is 1. The van der Waals surface area contributed by atoms with Crippen molar-refractivity contribution in [2.75, 3.05) is 7.11 Å². The van der Waals surface area contributed by atoms with E-state index in [1.165, 1.54) is 12.8 Å². The fourth-order valence-corrected chi connectivity index (χ4v) is 2.38. The Morgan fingerprint density at radius 3 is 2.71 bits per heavy atom. The van der Waals surface area contributed by atoms with Crippen LogP contribution in [0.2, 0.25) is 0 Å². The highest BCUT2D eigenvalue weighted by Gasteiger charge is 2.38. The third-order valence-corrected chi connectivity index (χ3v) is 3.36. The summed E-state index contributed by atoms with van der Waals surface area (Å²) >= 11 is 0. The third-order valence-electron chi connectivity index (χ3n) is 3.36. The Labute approximate surface area is 103 Å². The zero-order valence-corrected chi connectivity index (χ0v) is 11.1. The Balaban J connectivity index is 2.35. The molecule has 96 valence electrons. The summed E-state index contributed by atoms with van der Waals surface area (Å²) in [5.41, 5.74) is -0.0466. The molecule has 0 amide bonds. The molecule has 17 heavy (non-hydrogen) atoms. The van der Waals surface area contributed by atoms with Crippen LogP contribution in [-0.4, -0.2) is 22.0 Å². The molecule has 1 fully saturated rings. The molecule has 1 aliphatic rings. The van der Waals surface area contributed by atoms with Gasteiger partial charge in [0, 0.05) is 6.04 Å². The molecule has 1 atom stereocenters. The van der Waals surface area contributed by atoms with Crippen molar-refractivity contribution >= 4 is 0 Å². The van der Waals surface area contributed by atoms with Gasteiger partial charge in [-0.05, 0) is 33.1 Å². The van der Waals surface area contributed by atoms with Gasteiger partial charge in [0.05, 0.1) is 13.3 Å². The van der Waals surface area contributed by atoms with Crippen molar-refractivity contribution in [3.63, 3.8) is 0 Å². The Bertz CT molecular complexity index is 392. The van der Waals surface area contributed by atoms with Crippen molar-refractivity contribution < 1.29 is 9.84 Å². The lowest BCUT2D eigenvalue weighted by Crippen LogP contribution is -2.27. The van der Waals surface area contributed by atoms with Crippen molar-refractivity contribution in [2.24, 2.45) is 5.92 Å². The second-order valence-corrected chi connectivity index (χ2v) is 5.52. The predicted octanol–water partition coefficient (Wildman–Crippen LogP) is 2.48. The van der Waals surface area contributed by atoms with Crippen LogP contribution in [0, 0.1) is 5.92 Å². The van der Waals surface area contributed by atoms with E-state index >= 15 is 0 Å². The summed E-state index contributed by atoms with van der Waals surface area (Å²) in [7, 11) is 1.62. The summed E-state index contributed by atoms with van der Waals surface area (Å²) in [5.74, 6) is 1.34.